The highest BCUT2D eigenvalue weighted by Gasteiger charge is 2.37. The second-order valence-electron chi connectivity index (χ2n) is 10.6. The monoisotopic (exact) mass is 539 g/mol. The van der Waals surface area contributed by atoms with E-state index in [1.165, 1.54) is 6.07 Å². The van der Waals surface area contributed by atoms with Crippen molar-refractivity contribution in [3.63, 3.8) is 0 Å². The summed E-state index contributed by atoms with van der Waals surface area (Å²) in [5.74, 6) is 0.221. The van der Waals surface area contributed by atoms with E-state index in [1.54, 1.807) is 32.9 Å². The lowest BCUT2D eigenvalue weighted by molar-refractivity contribution is -0.155. The van der Waals surface area contributed by atoms with Crippen LogP contribution in [0.4, 0.5) is 13.2 Å². The van der Waals surface area contributed by atoms with E-state index in [4.69, 9.17) is 25.8 Å². The van der Waals surface area contributed by atoms with Gasteiger partial charge in [-0.15, -0.1) is 0 Å². The Morgan fingerprint density at radius 2 is 1.89 bits per heavy atom. The average Bonchev–Trinajstić information content (AvgIpc) is 3.66. The summed E-state index contributed by atoms with van der Waals surface area (Å²) in [5, 5.41) is 0.555. The number of halogens is 4. The number of ether oxygens (including phenoxy) is 3. The molecule has 2 aromatic carbocycles. The van der Waals surface area contributed by atoms with E-state index < -0.39 is 23.4 Å². The highest BCUT2D eigenvalue weighted by atomic mass is 35.5. The smallest absolute Gasteiger partial charge is 0.416 e. The summed E-state index contributed by atoms with van der Waals surface area (Å²) in [6.07, 6.45) is -3.04. The molecule has 202 valence electrons. The lowest BCUT2D eigenvalue weighted by Crippen LogP contribution is -2.40. The van der Waals surface area contributed by atoms with E-state index in [0.717, 1.165) is 30.0 Å². The largest absolute Gasteiger partial charge is 0.489 e. The topological polar surface area (TPSA) is 48.0 Å². The van der Waals surface area contributed by atoms with Crippen molar-refractivity contribution >= 4 is 17.6 Å². The zero-order valence-corrected chi connectivity index (χ0v) is 22.1. The summed E-state index contributed by atoms with van der Waals surface area (Å²) < 4.78 is 59.2. The first kappa shape index (κ1) is 27.7. The van der Waals surface area contributed by atoms with Gasteiger partial charge in [-0.05, 0) is 68.9 Å². The van der Waals surface area contributed by atoms with Crippen molar-refractivity contribution in [2.75, 3.05) is 26.2 Å². The van der Waals surface area contributed by atoms with Crippen molar-refractivity contribution in [2.45, 2.75) is 70.4 Å². The van der Waals surface area contributed by atoms with Gasteiger partial charge in [0.1, 0.15) is 18.0 Å². The molecule has 2 fully saturated rings. The Kier molecular flexibility index (Phi) is 8.41. The molecule has 0 aromatic heterocycles. The predicted molar refractivity (Wildman–Crippen MR) is 135 cm³/mol. The fraction of sp³-hybridized carbons (Fsp3) is 0.536. The first-order valence-corrected chi connectivity index (χ1v) is 13.0. The Morgan fingerprint density at radius 1 is 1.14 bits per heavy atom. The number of esters is 1. The number of hydrogen-bond donors (Lipinski definition) is 0. The first-order chi connectivity index (χ1) is 17.4. The van der Waals surface area contributed by atoms with Gasteiger partial charge in [-0.25, -0.2) is 0 Å². The molecular formula is C28H33ClF3NO4. The molecule has 0 radical (unpaired) electrons. The second-order valence-corrected chi connectivity index (χ2v) is 11.0. The number of benzene rings is 2. The number of alkyl halides is 3. The van der Waals surface area contributed by atoms with Crippen LogP contribution in [0.1, 0.15) is 74.3 Å². The highest BCUT2D eigenvalue weighted by Crippen LogP contribution is 2.44. The third-order valence-electron chi connectivity index (χ3n) is 6.44. The molecule has 1 unspecified atom stereocenters. The number of carbonyl (C=O) groups excluding carboxylic acids is 1. The molecule has 2 aromatic rings. The third-order valence-corrected chi connectivity index (χ3v) is 6.79. The van der Waals surface area contributed by atoms with Gasteiger partial charge in [0, 0.05) is 30.2 Å². The van der Waals surface area contributed by atoms with Gasteiger partial charge >= 0.3 is 12.1 Å². The van der Waals surface area contributed by atoms with E-state index in [-0.39, 0.29) is 43.5 Å². The molecule has 1 aliphatic heterocycles. The molecule has 5 nitrogen and oxygen atoms in total. The van der Waals surface area contributed by atoms with Gasteiger partial charge in [0.15, 0.2) is 0 Å². The van der Waals surface area contributed by atoms with Crippen LogP contribution in [-0.2, 0) is 27.1 Å². The third kappa shape index (κ3) is 7.62. The van der Waals surface area contributed by atoms with Crippen LogP contribution in [0, 0.1) is 0 Å². The average molecular weight is 540 g/mol. The summed E-state index contributed by atoms with van der Waals surface area (Å²) in [4.78, 5) is 14.0. The molecule has 0 N–H and O–H groups in total. The summed E-state index contributed by atoms with van der Waals surface area (Å²) in [6, 6.07) is 9.66. The van der Waals surface area contributed by atoms with Crippen molar-refractivity contribution < 1.29 is 32.2 Å². The van der Waals surface area contributed by atoms with Gasteiger partial charge in [0.05, 0.1) is 24.7 Å². The number of nitrogens with zero attached hydrogens (tertiary/aromatic N) is 1. The maximum absolute atomic E-state index is 14.1. The molecule has 1 heterocycles. The summed E-state index contributed by atoms with van der Waals surface area (Å²) >= 11 is 6.38. The molecule has 9 heteroatoms. The van der Waals surface area contributed by atoms with E-state index in [0.29, 0.717) is 24.0 Å². The van der Waals surface area contributed by atoms with Gasteiger partial charge in [-0.2, -0.15) is 13.2 Å². The molecule has 1 saturated heterocycles. The molecule has 0 amide bonds. The van der Waals surface area contributed by atoms with E-state index >= 15 is 0 Å². The number of rotatable bonds is 8. The maximum atomic E-state index is 14.1. The quantitative estimate of drug-likeness (QED) is 0.341. The molecule has 1 atom stereocenters. The maximum Gasteiger partial charge on any atom is 0.416 e. The van der Waals surface area contributed by atoms with Gasteiger partial charge < -0.3 is 14.2 Å². The summed E-state index contributed by atoms with van der Waals surface area (Å²) in [7, 11) is 0. The second kappa shape index (κ2) is 11.2. The number of carbonyl (C=O) groups is 1. The molecule has 1 saturated carbocycles. The van der Waals surface area contributed by atoms with Crippen LogP contribution in [0.5, 0.6) is 5.75 Å². The van der Waals surface area contributed by atoms with Crippen LogP contribution in [-0.4, -0.2) is 42.7 Å². The van der Waals surface area contributed by atoms with Crippen molar-refractivity contribution in [3.8, 4) is 5.75 Å². The van der Waals surface area contributed by atoms with Crippen molar-refractivity contribution in [1.29, 1.82) is 0 Å². The molecule has 37 heavy (non-hydrogen) atoms. The van der Waals surface area contributed by atoms with Crippen LogP contribution in [0.15, 0.2) is 36.4 Å². The van der Waals surface area contributed by atoms with Crippen LogP contribution in [0.25, 0.3) is 0 Å². The predicted octanol–water partition coefficient (Wildman–Crippen LogP) is 6.92. The Morgan fingerprint density at radius 3 is 2.57 bits per heavy atom. The number of hydrogen-bond acceptors (Lipinski definition) is 5. The lowest BCUT2D eigenvalue weighted by Gasteiger charge is -2.34. The van der Waals surface area contributed by atoms with E-state index in [2.05, 4.69) is 0 Å². The van der Waals surface area contributed by atoms with Crippen molar-refractivity contribution in [2.24, 2.45) is 0 Å². The normalized spacial score (nSPS) is 19.1. The first-order valence-electron chi connectivity index (χ1n) is 12.6. The van der Waals surface area contributed by atoms with E-state index in [1.807, 2.05) is 17.0 Å². The van der Waals surface area contributed by atoms with Crippen LogP contribution < -0.4 is 4.74 Å². The minimum atomic E-state index is -4.58. The van der Waals surface area contributed by atoms with E-state index in [9.17, 15) is 18.0 Å². The van der Waals surface area contributed by atoms with Gasteiger partial charge in [-0.1, -0.05) is 29.8 Å². The van der Waals surface area contributed by atoms with Crippen molar-refractivity contribution in [3.05, 3.63) is 63.7 Å². The fourth-order valence-electron chi connectivity index (χ4n) is 4.55. The minimum absolute atomic E-state index is 0.0539. The zero-order valence-electron chi connectivity index (χ0n) is 21.4. The lowest BCUT2D eigenvalue weighted by atomic mass is 9.99. The standard InChI is InChI=1S/C28H33ClF3NO4/c1-27(2,3)37-26(34)11-12-33-13-14-35-25(16-33)21-10-9-19(15-23(21)28(30,31)32)36-17-22-20(18-7-8-18)5-4-6-24(22)29/h4-6,9-10,15,18,25H,7-8,11-14,16-17H2,1-3H3. The Hall–Kier alpha value is -2.29. The molecular weight excluding hydrogens is 507 g/mol. The van der Waals surface area contributed by atoms with Gasteiger partial charge in [-0.3, -0.25) is 9.69 Å². The zero-order chi connectivity index (χ0) is 26.8. The molecule has 0 bridgehead atoms. The molecule has 0 spiro atoms. The van der Waals surface area contributed by atoms with Crippen LogP contribution in [0.2, 0.25) is 5.02 Å². The van der Waals surface area contributed by atoms with Gasteiger partial charge in [0.25, 0.3) is 0 Å². The van der Waals surface area contributed by atoms with Gasteiger partial charge in [0.2, 0.25) is 0 Å². The summed E-state index contributed by atoms with van der Waals surface area (Å²) in [6.45, 7) is 6.91. The minimum Gasteiger partial charge on any atom is -0.489 e. The van der Waals surface area contributed by atoms with Crippen LogP contribution in [0.3, 0.4) is 0 Å². The Bertz CT molecular complexity index is 1110. The molecule has 1 aliphatic carbocycles. The Labute approximate surface area is 220 Å². The fourth-order valence-corrected chi connectivity index (χ4v) is 4.78. The summed E-state index contributed by atoms with van der Waals surface area (Å²) in [5.41, 5.74) is 0.605. The molecule has 2 aliphatic rings. The SMILES string of the molecule is CC(C)(C)OC(=O)CCN1CCOC(c2ccc(OCc3c(Cl)cccc3C3CC3)cc2C(F)(F)F)C1. The molecule has 4 rings (SSSR count). The van der Waals surface area contributed by atoms with Crippen LogP contribution >= 0.6 is 11.6 Å². The van der Waals surface area contributed by atoms with Crippen molar-refractivity contribution in [1.82, 2.24) is 4.90 Å². The highest BCUT2D eigenvalue weighted by molar-refractivity contribution is 6.31. The Balaban J connectivity index is 1.45. The number of morpholine rings is 1.